The topological polar surface area (TPSA) is 79.0 Å². The van der Waals surface area contributed by atoms with Crippen molar-refractivity contribution < 1.29 is 12.8 Å². The van der Waals surface area contributed by atoms with Crippen LogP contribution in [0, 0.1) is 5.82 Å². The number of aromatic nitrogens is 1. The van der Waals surface area contributed by atoms with Gasteiger partial charge >= 0.3 is 4.87 Å². The molecule has 0 amide bonds. The number of H-pyrrole nitrogens is 1. The van der Waals surface area contributed by atoms with Crippen LogP contribution >= 0.6 is 11.3 Å². The van der Waals surface area contributed by atoms with Crippen LogP contribution in [0.25, 0.3) is 0 Å². The molecule has 0 aliphatic heterocycles. The summed E-state index contributed by atoms with van der Waals surface area (Å²) in [4.78, 5) is 12.6. The van der Waals surface area contributed by atoms with Gasteiger partial charge in [0, 0.05) is 11.1 Å². The maximum atomic E-state index is 13.3. The van der Waals surface area contributed by atoms with Gasteiger partial charge in [0.1, 0.15) is 10.7 Å². The van der Waals surface area contributed by atoms with E-state index in [1.165, 1.54) is 23.6 Å². The highest BCUT2D eigenvalue weighted by Crippen LogP contribution is 2.13. The third-order valence-electron chi connectivity index (χ3n) is 2.15. The minimum atomic E-state index is -3.92. The molecule has 0 unspecified atom stereocenters. The summed E-state index contributed by atoms with van der Waals surface area (Å²) < 4.78 is 39.1. The highest BCUT2D eigenvalue weighted by atomic mass is 32.2. The smallest absolute Gasteiger partial charge is 0.304 e. The van der Waals surface area contributed by atoms with Crippen molar-refractivity contribution in [1.29, 1.82) is 0 Å². The largest absolute Gasteiger partial charge is 0.315 e. The van der Waals surface area contributed by atoms with Crippen LogP contribution in [0.3, 0.4) is 0 Å². The van der Waals surface area contributed by atoms with Crippen molar-refractivity contribution in [2.24, 2.45) is 0 Å². The van der Waals surface area contributed by atoms with Crippen molar-refractivity contribution in [2.45, 2.75) is 11.4 Å². The molecule has 0 aliphatic rings. The Morgan fingerprint density at radius 2 is 2.06 bits per heavy atom. The molecule has 1 aromatic carbocycles. The number of sulfonamides is 1. The van der Waals surface area contributed by atoms with Crippen LogP contribution in [0.2, 0.25) is 0 Å². The molecule has 1 aromatic heterocycles. The van der Waals surface area contributed by atoms with Gasteiger partial charge in [-0.25, -0.2) is 17.5 Å². The lowest BCUT2D eigenvalue weighted by molar-refractivity contribution is 0.556. The number of rotatable bonds is 4. The first kappa shape index (κ1) is 12.9. The van der Waals surface area contributed by atoms with Gasteiger partial charge in [0.25, 0.3) is 0 Å². The average Bonchev–Trinajstić information content (AvgIpc) is 2.73. The van der Waals surface area contributed by atoms with Crippen molar-refractivity contribution in [2.75, 3.05) is 0 Å². The Kier molecular flexibility index (Phi) is 3.60. The second-order valence-corrected chi connectivity index (χ2v) is 6.01. The summed E-state index contributed by atoms with van der Waals surface area (Å²) in [6, 6.07) is 5.09. The van der Waals surface area contributed by atoms with Crippen LogP contribution in [0.15, 0.2) is 39.3 Å². The van der Waals surface area contributed by atoms with Crippen molar-refractivity contribution in [1.82, 2.24) is 9.71 Å². The molecule has 0 saturated carbocycles. The monoisotopic (exact) mass is 288 g/mol. The van der Waals surface area contributed by atoms with Gasteiger partial charge in [-0.15, -0.1) is 0 Å². The molecule has 0 bridgehead atoms. The minimum Gasteiger partial charge on any atom is -0.315 e. The molecule has 0 radical (unpaired) electrons. The molecule has 0 atom stereocenters. The minimum absolute atomic E-state index is 0.0879. The fourth-order valence-electron chi connectivity index (χ4n) is 1.31. The van der Waals surface area contributed by atoms with Gasteiger partial charge in [0.2, 0.25) is 10.0 Å². The predicted octanol–water partition coefficient (Wildman–Crippen LogP) is 1.05. The highest BCUT2D eigenvalue weighted by molar-refractivity contribution is 7.89. The number of aromatic amines is 1. The van der Waals surface area contributed by atoms with Crippen LogP contribution in [0.5, 0.6) is 0 Å². The van der Waals surface area contributed by atoms with Gasteiger partial charge in [-0.05, 0) is 12.1 Å². The van der Waals surface area contributed by atoms with Gasteiger partial charge in [0.05, 0.1) is 6.54 Å². The summed E-state index contributed by atoms with van der Waals surface area (Å²) in [6.45, 7) is -0.0879. The Bertz CT molecular complexity index is 706. The first-order chi connectivity index (χ1) is 8.49. The molecule has 2 rings (SSSR count). The normalized spacial score (nSPS) is 11.6. The van der Waals surface area contributed by atoms with Crippen molar-refractivity contribution >= 4 is 21.4 Å². The van der Waals surface area contributed by atoms with E-state index < -0.39 is 20.7 Å². The maximum absolute atomic E-state index is 13.3. The third kappa shape index (κ3) is 2.84. The van der Waals surface area contributed by atoms with Gasteiger partial charge < -0.3 is 4.98 Å². The summed E-state index contributed by atoms with van der Waals surface area (Å²) >= 11 is 0.934. The zero-order valence-corrected chi connectivity index (χ0v) is 10.6. The zero-order chi connectivity index (χ0) is 13.2. The molecule has 8 heteroatoms. The van der Waals surface area contributed by atoms with E-state index in [1.807, 2.05) is 0 Å². The lowest BCUT2D eigenvalue weighted by Gasteiger charge is -2.06. The number of benzene rings is 1. The molecular weight excluding hydrogens is 279 g/mol. The molecule has 0 spiro atoms. The molecule has 0 aliphatic carbocycles. The number of hydrogen-bond acceptors (Lipinski definition) is 4. The van der Waals surface area contributed by atoms with Gasteiger partial charge in [-0.1, -0.05) is 23.5 Å². The van der Waals surface area contributed by atoms with E-state index in [1.54, 1.807) is 0 Å². The Hall–Kier alpha value is -1.51. The summed E-state index contributed by atoms with van der Waals surface area (Å²) in [5.74, 6) is -0.816. The molecule has 2 aromatic rings. The quantitative estimate of drug-likeness (QED) is 0.882. The van der Waals surface area contributed by atoms with Crippen LogP contribution < -0.4 is 9.60 Å². The SMILES string of the molecule is O=c1[nH]c(CNS(=O)(=O)c2ccccc2F)cs1. The van der Waals surface area contributed by atoms with E-state index in [0.29, 0.717) is 5.69 Å². The molecular formula is C10H9FN2O3S2. The van der Waals surface area contributed by atoms with Gasteiger partial charge in [0.15, 0.2) is 0 Å². The molecule has 0 saturated heterocycles. The standard InChI is InChI=1S/C10H9FN2O3S2/c11-8-3-1-2-4-9(8)18(15,16)12-5-7-6-17-10(14)13-7/h1-4,6,12H,5H2,(H,13,14). The maximum Gasteiger partial charge on any atom is 0.304 e. The zero-order valence-electron chi connectivity index (χ0n) is 9.01. The summed E-state index contributed by atoms with van der Waals surface area (Å²) in [5.41, 5.74) is 0.435. The third-order valence-corrected chi connectivity index (χ3v) is 4.30. The molecule has 5 nitrogen and oxygen atoms in total. The molecule has 1 heterocycles. The Morgan fingerprint density at radius 1 is 1.33 bits per heavy atom. The number of hydrogen-bond donors (Lipinski definition) is 2. The Balaban J connectivity index is 2.18. The van der Waals surface area contributed by atoms with Crippen LogP contribution in [0.4, 0.5) is 4.39 Å². The van der Waals surface area contributed by atoms with Crippen molar-refractivity contribution in [3.05, 3.63) is 50.8 Å². The summed E-state index contributed by atoms with van der Waals surface area (Å²) in [6.07, 6.45) is 0. The van der Waals surface area contributed by atoms with E-state index in [2.05, 4.69) is 9.71 Å². The summed E-state index contributed by atoms with van der Waals surface area (Å²) in [5, 5.41) is 1.51. The van der Waals surface area contributed by atoms with E-state index >= 15 is 0 Å². The van der Waals surface area contributed by atoms with E-state index in [-0.39, 0.29) is 11.4 Å². The first-order valence-electron chi connectivity index (χ1n) is 4.90. The molecule has 96 valence electrons. The second-order valence-electron chi connectivity index (χ2n) is 3.43. The van der Waals surface area contributed by atoms with Crippen LogP contribution in [-0.4, -0.2) is 13.4 Å². The molecule has 18 heavy (non-hydrogen) atoms. The second kappa shape index (κ2) is 5.01. The highest BCUT2D eigenvalue weighted by Gasteiger charge is 2.18. The first-order valence-corrected chi connectivity index (χ1v) is 7.26. The average molecular weight is 288 g/mol. The summed E-state index contributed by atoms with van der Waals surface area (Å²) in [7, 11) is -3.92. The van der Waals surface area contributed by atoms with Gasteiger partial charge in [-0.2, -0.15) is 0 Å². The lowest BCUT2D eigenvalue weighted by Crippen LogP contribution is -2.24. The number of nitrogens with one attached hydrogen (secondary N) is 2. The predicted molar refractivity (Wildman–Crippen MR) is 65.4 cm³/mol. The van der Waals surface area contributed by atoms with E-state index in [4.69, 9.17) is 0 Å². The van der Waals surface area contributed by atoms with E-state index in [9.17, 15) is 17.6 Å². The van der Waals surface area contributed by atoms with Crippen LogP contribution in [0.1, 0.15) is 5.69 Å². The Morgan fingerprint density at radius 3 is 2.67 bits per heavy atom. The van der Waals surface area contributed by atoms with Gasteiger partial charge in [-0.3, -0.25) is 4.79 Å². The van der Waals surface area contributed by atoms with E-state index in [0.717, 1.165) is 17.4 Å². The number of thiazole rings is 1. The Labute approximate surface area is 106 Å². The fraction of sp³-hybridized carbons (Fsp3) is 0.100. The van der Waals surface area contributed by atoms with Crippen LogP contribution in [-0.2, 0) is 16.6 Å². The fourth-order valence-corrected chi connectivity index (χ4v) is 2.98. The van der Waals surface area contributed by atoms with Crippen molar-refractivity contribution in [3.63, 3.8) is 0 Å². The van der Waals surface area contributed by atoms with Crippen molar-refractivity contribution in [3.8, 4) is 0 Å². The lowest BCUT2D eigenvalue weighted by atomic mass is 10.4. The molecule has 2 N–H and O–H groups in total. The molecule has 0 fully saturated rings. The number of halogens is 1.